The molecule has 15 heavy (non-hydrogen) atoms. The van der Waals surface area contributed by atoms with Gasteiger partial charge in [-0.2, -0.15) is 0 Å². The summed E-state index contributed by atoms with van der Waals surface area (Å²) in [7, 11) is 1.94. The van der Waals surface area contributed by atoms with E-state index in [4.69, 9.17) is 5.11 Å². The molecule has 1 rings (SSSR count). The van der Waals surface area contributed by atoms with Gasteiger partial charge in [0.1, 0.15) is 0 Å². The summed E-state index contributed by atoms with van der Waals surface area (Å²) < 4.78 is 0. The number of carboxylic acid groups (broad SMARTS) is 1. The van der Waals surface area contributed by atoms with Crippen molar-refractivity contribution in [2.45, 2.75) is 19.3 Å². The minimum absolute atomic E-state index is 0.207. The van der Waals surface area contributed by atoms with Crippen LogP contribution in [0.1, 0.15) is 18.5 Å². The number of aromatic amines is 1. The average Bonchev–Trinajstić information content (AvgIpc) is 2.67. The summed E-state index contributed by atoms with van der Waals surface area (Å²) in [6, 6.07) is 0. The molecule has 2 N–H and O–H groups in total. The monoisotopic (exact) mass is 211 g/mol. The summed E-state index contributed by atoms with van der Waals surface area (Å²) >= 11 is 0. The second kappa shape index (κ2) is 6.19. The first-order valence-corrected chi connectivity index (χ1v) is 5.06. The minimum atomic E-state index is -0.742. The molecule has 0 aliphatic heterocycles. The molecule has 0 radical (unpaired) electrons. The highest BCUT2D eigenvalue weighted by atomic mass is 16.4. The number of imidazole rings is 1. The third kappa shape index (κ3) is 5.17. The van der Waals surface area contributed by atoms with Crippen molar-refractivity contribution < 1.29 is 9.90 Å². The van der Waals surface area contributed by atoms with E-state index in [0.717, 1.165) is 25.1 Å². The SMILES string of the molecule is CN(CCCc1c[nH]cn1)CCC(=O)O. The van der Waals surface area contributed by atoms with Crippen molar-refractivity contribution in [3.8, 4) is 0 Å². The lowest BCUT2D eigenvalue weighted by atomic mass is 10.2. The van der Waals surface area contributed by atoms with Crippen LogP contribution in [0, 0.1) is 0 Å². The van der Waals surface area contributed by atoms with E-state index in [1.54, 1.807) is 6.33 Å². The quantitative estimate of drug-likeness (QED) is 0.698. The van der Waals surface area contributed by atoms with Gasteiger partial charge in [0.15, 0.2) is 0 Å². The Morgan fingerprint density at radius 1 is 1.60 bits per heavy atom. The highest BCUT2D eigenvalue weighted by Crippen LogP contribution is 1.98. The first-order valence-electron chi connectivity index (χ1n) is 5.06. The van der Waals surface area contributed by atoms with Crippen LogP contribution in [0.15, 0.2) is 12.5 Å². The molecule has 0 spiro atoms. The summed E-state index contributed by atoms with van der Waals surface area (Å²) in [6.45, 7) is 1.51. The maximum absolute atomic E-state index is 10.3. The Balaban J connectivity index is 2.06. The van der Waals surface area contributed by atoms with Crippen molar-refractivity contribution in [1.29, 1.82) is 0 Å². The van der Waals surface area contributed by atoms with E-state index in [9.17, 15) is 4.79 Å². The summed E-state index contributed by atoms with van der Waals surface area (Å²) in [5.41, 5.74) is 1.06. The lowest BCUT2D eigenvalue weighted by molar-refractivity contribution is -0.137. The Hall–Kier alpha value is -1.36. The van der Waals surface area contributed by atoms with Crippen LogP contribution < -0.4 is 0 Å². The number of nitrogens with zero attached hydrogens (tertiary/aromatic N) is 2. The topological polar surface area (TPSA) is 69.2 Å². The van der Waals surface area contributed by atoms with Crippen molar-refractivity contribution in [1.82, 2.24) is 14.9 Å². The fourth-order valence-corrected chi connectivity index (χ4v) is 1.36. The third-order valence-electron chi connectivity index (χ3n) is 2.23. The van der Waals surface area contributed by atoms with Crippen LogP contribution in [-0.4, -0.2) is 46.1 Å². The molecule has 1 aromatic heterocycles. The first-order chi connectivity index (χ1) is 7.18. The van der Waals surface area contributed by atoms with Gasteiger partial charge < -0.3 is 15.0 Å². The van der Waals surface area contributed by atoms with Crippen LogP contribution in [0.5, 0.6) is 0 Å². The van der Waals surface area contributed by atoms with E-state index < -0.39 is 5.97 Å². The lowest BCUT2D eigenvalue weighted by Gasteiger charge is -2.14. The van der Waals surface area contributed by atoms with Crippen LogP contribution in [0.2, 0.25) is 0 Å². The highest BCUT2D eigenvalue weighted by Gasteiger charge is 2.02. The Morgan fingerprint density at radius 2 is 2.40 bits per heavy atom. The van der Waals surface area contributed by atoms with Gasteiger partial charge in [-0.15, -0.1) is 0 Å². The van der Waals surface area contributed by atoms with Gasteiger partial charge in [0.2, 0.25) is 0 Å². The Kier molecular flexibility index (Phi) is 4.83. The summed E-state index contributed by atoms with van der Waals surface area (Å²) in [5, 5.41) is 8.50. The Labute approximate surface area is 89.1 Å². The Bertz CT molecular complexity index is 285. The number of rotatable bonds is 7. The lowest BCUT2D eigenvalue weighted by Crippen LogP contribution is -2.23. The van der Waals surface area contributed by atoms with E-state index in [-0.39, 0.29) is 6.42 Å². The number of carboxylic acids is 1. The predicted octanol–water partition coefficient (Wildman–Crippen LogP) is 0.749. The zero-order valence-electron chi connectivity index (χ0n) is 8.94. The van der Waals surface area contributed by atoms with E-state index in [1.807, 2.05) is 18.1 Å². The van der Waals surface area contributed by atoms with Crippen molar-refractivity contribution in [3.63, 3.8) is 0 Å². The molecule has 0 saturated heterocycles. The van der Waals surface area contributed by atoms with Gasteiger partial charge >= 0.3 is 5.97 Å². The largest absolute Gasteiger partial charge is 0.481 e. The number of carbonyl (C=O) groups is 1. The third-order valence-corrected chi connectivity index (χ3v) is 2.23. The number of hydrogen-bond donors (Lipinski definition) is 2. The second-order valence-electron chi connectivity index (χ2n) is 3.61. The van der Waals surface area contributed by atoms with Gasteiger partial charge in [-0.1, -0.05) is 0 Å². The summed E-state index contributed by atoms with van der Waals surface area (Å²) in [5.74, 6) is -0.742. The molecule has 0 aliphatic carbocycles. The Morgan fingerprint density at radius 3 is 3.00 bits per heavy atom. The molecular weight excluding hydrogens is 194 g/mol. The van der Waals surface area contributed by atoms with Crippen LogP contribution in [0.3, 0.4) is 0 Å². The minimum Gasteiger partial charge on any atom is -0.481 e. The molecule has 1 heterocycles. The molecule has 0 fully saturated rings. The van der Waals surface area contributed by atoms with Gasteiger partial charge in [0, 0.05) is 12.7 Å². The molecule has 5 nitrogen and oxygen atoms in total. The van der Waals surface area contributed by atoms with Crippen molar-refractivity contribution in [3.05, 3.63) is 18.2 Å². The fraction of sp³-hybridized carbons (Fsp3) is 0.600. The normalized spacial score (nSPS) is 10.8. The van der Waals surface area contributed by atoms with Gasteiger partial charge in [-0.25, -0.2) is 4.98 Å². The molecule has 0 aliphatic rings. The van der Waals surface area contributed by atoms with E-state index >= 15 is 0 Å². The second-order valence-corrected chi connectivity index (χ2v) is 3.61. The molecule has 0 saturated carbocycles. The molecule has 0 amide bonds. The number of aryl methyl sites for hydroxylation is 1. The molecule has 5 heteroatoms. The smallest absolute Gasteiger partial charge is 0.304 e. The van der Waals surface area contributed by atoms with E-state index in [0.29, 0.717) is 6.54 Å². The molecule has 0 unspecified atom stereocenters. The van der Waals surface area contributed by atoms with Crippen molar-refractivity contribution in [2.75, 3.05) is 20.1 Å². The summed E-state index contributed by atoms with van der Waals surface area (Å²) in [4.78, 5) is 19.4. The van der Waals surface area contributed by atoms with Crippen LogP contribution in [-0.2, 0) is 11.2 Å². The van der Waals surface area contributed by atoms with Crippen LogP contribution >= 0.6 is 0 Å². The zero-order chi connectivity index (χ0) is 11.1. The van der Waals surface area contributed by atoms with Crippen LogP contribution in [0.25, 0.3) is 0 Å². The number of H-pyrrole nitrogens is 1. The average molecular weight is 211 g/mol. The number of nitrogens with one attached hydrogen (secondary N) is 1. The number of aromatic nitrogens is 2. The maximum Gasteiger partial charge on any atom is 0.304 e. The molecule has 0 atom stereocenters. The van der Waals surface area contributed by atoms with Crippen LogP contribution in [0.4, 0.5) is 0 Å². The molecular formula is C10H17N3O2. The fourth-order valence-electron chi connectivity index (χ4n) is 1.36. The molecule has 0 aromatic carbocycles. The molecule has 0 bridgehead atoms. The zero-order valence-corrected chi connectivity index (χ0v) is 8.94. The predicted molar refractivity (Wildman–Crippen MR) is 56.7 cm³/mol. The van der Waals surface area contributed by atoms with Gasteiger partial charge in [0.25, 0.3) is 0 Å². The first kappa shape index (κ1) is 11.7. The van der Waals surface area contributed by atoms with Gasteiger partial charge in [-0.3, -0.25) is 4.79 Å². The van der Waals surface area contributed by atoms with E-state index in [2.05, 4.69) is 9.97 Å². The summed E-state index contributed by atoms with van der Waals surface area (Å²) in [6.07, 6.45) is 5.70. The van der Waals surface area contributed by atoms with Crippen molar-refractivity contribution >= 4 is 5.97 Å². The standard InChI is InChI=1S/C10H17N3O2/c1-13(6-4-10(14)15)5-2-3-9-7-11-8-12-9/h7-8H,2-6H2,1H3,(H,11,12)(H,14,15). The van der Waals surface area contributed by atoms with E-state index in [1.165, 1.54) is 0 Å². The molecule has 84 valence electrons. The number of hydrogen-bond acceptors (Lipinski definition) is 3. The van der Waals surface area contributed by atoms with Gasteiger partial charge in [0.05, 0.1) is 18.4 Å². The maximum atomic E-state index is 10.3. The molecule has 1 aromatic rings. The van der Waals surface area contributed by atoms with Gasteiger partial charge in [-0.05, 0) is 26.4 Å². The van der Waals surface area contributed by atoms with Crippen molar-refractivity contribution in [2.24, 2.45) is 0 Å². The highest BCUT2D eigenvalue weighted by molar-refractivity contribution is 5.66. The number of aliphatic carboxylic acids is 1.